The first-order valence-corrected chi connectivity index (χ1v) is 44.6. The molecule has 0 spiro atoms. The maximum Gasteiger partial charge on any atom is 0.166 e. The molecule has 0 aliphatic heterocycles. The van der Waals surface area contributed by atoms with Crippen LogP contribution in [0.4, 0.5) is 11.4 Å². The van der Waals surface area contributed by atoms with Gasteiger partial charge in [-0.1, -0.05) is 407 Å². The quantitative estimate of drug-likeness (QED) is 0.128. The van der Waals surface area contributed by atoms with Crippen molar-refractivity contribution in [3.8, 4) is 90.6 Å². The standard InChI is InChI=1S/C114H140N8/c1-103(2,3)71-47-55-78(56-48-71)121(79-57-49-72(50-58-79)104(4,5)6)122-95-84(63-77(109(19,20)21)64-85(95)101-117-97(80-59-51-73(105(7,8)9)65-86(80)110(22,23)24)115-98(118-101)81-60-52-74(106(10,11)12)66-87(81)111(25,26)27)92-90(69-43-39-37-40-44-69)94(114(34,35)36)91(70-45-41-38-42-46-70)93(96(92)122)102-119-99(82-61-53-75(107(13,14)15)67-88(82)112(28,29)30)116-100(120-102)83-62-54-76(108(16,17)18)68-89(83)113(31,32)33/h37-68H,1-36H3. The predicted octanol–water partition coefficient (Wildman–Crippen LogP) is 31.7. The molecule has 122 heavy (non-hydrogen) atoms. The Bertz CT molecular complexity index is 5870. The van der Waals surface area contributed by atoms with Crippen LogP contribution >= 0.6 is 0 Å². The predicted molar refractivity (Wildman–Crippen MR) is 525 cm³/mol. The maximum atomic E-state index is 6.31. The van der Waals surface area contributed by atoms with Gasteiger partial charge in [-0.2, -0.15) is 0 Å². The first kappa shape index (κ1) is 89.6. The van der Waals surface area contributed by atoms with Crippen LogP contribution in [-0.2, 0) is 65.0 Å². The second-order valence-electron chi connectivity index (χ2n) is 47.2. The van der Waals surface area contributed by atoms with Crippen LogP contribution in [0, 0.1) is 0 Å². The van der Waals surface area contributed by atoms with Crippen LogP contribution in [0.25, 0.3) is 112 Å². The molecule has 0 aliphatic rings. The van der Waals surface area contributed by atoms with E-state index in [9.17, 15) is 0 Å². The zero-order valence-electron chi connectivity index (χ0n) is 81.1. The number of fused-ring (bicyclic) bond motifs is 3. The largest absolute Gasteiger partial charge is 0.249 e. The molecule has 0 aliphatic carbocycles. The highest BCUT2D eigenvalue weighted by atomic mass is 15.6. The van der Waals surface area contributed by atoms with Crippen molar-refractivity contribution in [2.45, 2.75) is 314 Å². The Hall–Kier alpha value is -10.2. The molecule has 10 aromatic carbocycles. The van der Waals surface area contributed by atoms with E-state index >= 15 is 0 Å². The Morgan fingerprint density at radius 3 is 0.762 bits per heavy atom. The third-order valence-electron chi connectivity index (χ3n) is 24.6. The molecule has 0 saturated heterocycles. The van der Waals surface area contributed by atoms with Gasteiger partial charge in [0, 0.05) is 38.6 Å². The van der Waals surface area contributed by atoms with Crippen molar-refractivity contribution < 1.29 is 0 Å². The molecule has 8 nitrogen and oxygen atoms in total. The zero-order chi connectivity index (χ0) is 89.7. The molecule has 0 radical (unpaired) electrons. The summed E-state index contributed by atoms with van der Waals surface area (Å²) in [6, 6.07) is 74.1. The summed E-state index contributed by atoms with van der Waals surface area (Å²) in [5.74, 6) is 3.48. The lowest BCUT2D eigenvalue weighted by Crippen LogP contribution is -2.26. The van der Waals surface area contributed by atoms with Gasteiger partial charge in [0.1, 0.15) is 0 Å². The smallest absolute Gasteiger partial charge is 0.166 e. The summed E-state index contributed by atoms with van der Waals surface area (Å²) in [7, 11) is 0. The second-order valence-corrected chi connectivity index (χ2v) is 47.2. The third kappa shape index (κ3) is 17.9. The van der Waals surface area contributed by atoms with Gasteiger partial charge in [0.15, 0.2) is 34.9 Å². The van der Waals surface area contributed by atoms with E-state index in [0.717, 1.165) is 122 Å². The van der Waals surface area contributed by atoms with E-state index in [4.69, 9.17) is 29.9 Å². The average molecular weight is 1620 g/mol. The summed E-state index contributed by atoms with van der Waals surface area (Å²) in [6.07, 6.45) is 0. The maximum absolute atomic E-state index is 6.31. The highest BCUT2D eigenvalue weighted by Gasteiger charge is 2.40. The normalized spacial score (nSPS) is 13.4. The number of benzene rings is 10. The minimum atomic E-state index is -0.578. The lowest BCUT2D eigenvalue weighted by Gasteiger charge is -2.33. The molecule has 3 aromatic heterocycles. The van der Waals surface area contributed by atoms with E-state index < -0.39 is 10.8 Å². The first-order chi connectivity index (χ1) is 56.1. The van der Waals surface area contributed by atoms with Gasteiger partial charge in [-0.25, -0.2) is 39.6 Å². The lowest BCUT2D eigenvalue weighted by molar-refractivity contribution is 0.568. The average Bonchev–Trinajstić information content (AvgIpc) is 1.50. The van der Waals surface area contributed by atoms with Crippen molar-refractivity contribution in [1.29, 1.82) is 0 Å². The Morgan fingerprint density at radius 2 is 0.484 bits per heavy atom. The Labute approximate surface area is 733 Å². The van der Waals surface area contributed by atoms with E-state index in [1.807, 2.05) is 0 Å². The van der Waals surface area contributed by atoms with Gasteiger partial charge in [0.2, 0.25) is 0 Å². The molecule has 0 amide bonds. The van der Waals surface area contributed by atoms with Crippen LogP contribution < -0.4 is 5.01 Å². The molecular weight excluding hydrogens is 1480 g/mol. The SMILES string of the molecule is CC(C)(C)c1ccc(N(c2ccc(C(C)(C)C)cc2)n2c3c(-c4nc(-c5ccc(C(C)(C)C)cc5C(C)(C)C)nc(-c5ccc(C(C)(C)C)cc5C(C)(C)C)n4)cc(C(C)(C)C)cc3c3c(-c4ccccc4)c(C(C)(C)C)c(-c4ccccc4)c(-c4nc(-c5ccc(C(C)(C)C)cc5C(C)(C)C)nc(-c5ccc(C(C)(C)C)cc5C(C)(C)C)n4)c32)cc1. The van der Waals surface area contributed by atoms with Crippen LogP contribution in [0.2, 0.25) is 0 Å². The first-order valence-electron chi connectivity index (χ1n) is 44.6. The third-order valence-corrected chi connectivity index (χ3v) is 24.6. The summed E-state index contributed by atoms with van der Waals surface area (Å²) in [4.78, 5) is 36.8. The molecule has 8 heteroatoms. The molecular formula is C114H140N8. The van der Waals surface area contributed by atoms with Gasteiger partial charge in [0.05, 0.1) is 28.0 Å². The highest BCUT2D eigenvalue weighted by molar-refractivity contribution is 6.25. The van der Waals surface area contributed by atoms with Gasteiger partial charge in [-0.3, -0.25) is 0 Å². The zero-order valence-corrected chi connectivity index (χ0v) is 81.1. The van der Waals surface area contributed by atoms with Crippen molar-refractivity contribution >= 4 is 33.2 Å². The summed E-state index contributed by atoms with van der Waals surface area (Å²) in [6.45, 7) is 83.7. The summed E-state index contributed by atoms with van der Waals surface area (Å²) in [5.41, 5.74) is 24.4. The van der Waals surface area contributed by atoms with Crippen LogP contribution in [0.3, 0.4) is 0 Å². The fourth-order valence-corrected chi connectivity index (χ4v) is 17.3. The summed E-state index contributed by atoms with van der Waals surface area (Å²) in [5, 5.41) is 4.55. The topological polar surface area (TPSA) is 85.5 Å². The Balaban J connectivity index is 1.41. The van der Waals surface area contributed by atoms with Crippen molar-refractivity contribution in [2.24, 2.45) is 0 Å². The lowest BCUT2D eigenvalue weighted by atomic mass is 9.73. The number of aromatic nitrogens is 7. The fourth-order valence-electron chi connectivity index (χ4n) is 17.3. The molecule has 13 aromatic rings. The van der Waals surface area contributed by atoms with E-state index in [1.54, 1.807) is 0 Å². The molecule has 0 unspecified atom stereocenters. The van der Waals surface area contributed by atoms with Crippen LogP contribution in [0.15, 0.2) is 194 Å². The van der Waals surface area contributed by atoms with Gasteiger partial charge < -0.3 is 0 Å². The number of rotatable bonds is 11. The minimum Gasteiger partial charge on any atom is -0.249 e. The van der Waals surface area contributed by atoms with Crippen molar-refractivity contribution in [3.05, 3.63) is 261 Å². The van der Waals surface area contributed by atoms with Crippen LogP contribution in [-0.4, -0.2) is 34.6 Å². The van der Waals surface area contributed by atoms with E-state index in [1.165, 1.54) is 33.4 Å². The molecule has 636 valence electrons. The number of hydrogen-bond acceptors (Lipinski definition) is 7. The van der Waals surface area contributed by atoms with Crippen LogP contribution in [0.1, 0.15) is 316 Å². The Kier molecular flexibility index (Phi) is 22.7. The highest BCUT2D eigenvalue weighted by Crippen LogP contribution is 2.57. The summed E-state index contributed by atoms with van der Waals surface area (Å²) < 4.78 is 2.58. The second kappa shape index (κ2) is 30.9. The van der Waals surface area contributed by atoms with E-state index in [0.29, 0.717) is 34.9 Å². The van der Waals surface area contributed by atoms with Gasteiger partial charge in [0.25, 0.3) is 0 Å². The fraction of sp³-hybridized carbons (Fsp3) is 0.421. The van der Waals surface area contributed by atoms with Crippen molar-refractivity contribution in [3.63, 3.8) is 0 Å². The Morgan fingerprint density at radius 1 is 0.213 bits per heavy atom. The van der Waals surface area contributed by atoms with Crippen molar-refractivity contribution in [1.82, 2.24) is 34.6 Å². The van der Waals surface area contributed by atoms with E-state index in [2.05, 4.69) is 453 Å². The van der Waals surface area contributed by atoms with Gasteiger partial charge in [-0.15, -0.1) is 0 Å². The molecule has 0 N–H and O–H groups in total. The number of nitrogens with zero attached hydrogens (tertiary/aromatic N) is 8. The molecule has 13 rings (SSSR count). The minimum absolute atomic E-state index is 0.141. The number of anilines is 2. The monoisotopic (exact) mass is 1620 g/mol. The molecule has 0 fully saturated rings. The van der Waals surface area contributed by atoms with Gasteiger partial charge in [-0.05, 0) is 190 Å². The molecule has 0 saturated carbocycles. The summed E-state index contributed by atoms with van der Waals surface area (Å²) >= 11 is 0. The van der Waals surface area contributed by atoms with Gasteiger partial charge >= 0.3 is 0 Å². The number of hydrogen-bond donors (Lipinski definition) is 0. The van der Waals surface area contributed by atoms with Crippen LogP contribution in [0.5, 0.6) is 0 Å². The van der Waals surface area contributed by atoms with E-state index in [-0.39, 0.29) is 54.1 Å². The molecule has 0 atom stereocenters. The van der Waals surface area contributed by atoms with Crippen molar-refractivity contribution in [2.75, 3.05) is 5.01 Å². The molecule has 0 bridgehead atoms. The molecule has 3 heterocycles.